The second-order valence-corrected chi connectivity index (χ2v) is 5.55. The van der Waals surface area contributed by atoms with Crippen LogP contribution in [0.15, 0.2) is 30.3 Å². The molecule has 0 aromatic heterocycles. The zero-order chi connectivity index (χ0) is 16.6. The standard InChI is InChI=1S/C14H17O7P/c15-12(16)8-4-5-9-14(13(17)18,21-22(19)20)10-11-6-2-1-3-7-11/h1-3,6-7H,4-5,8-10H2,(H2-,15,16,17,18,19,20)/p+1. The van der Waals surface area contributed by atoms with Crippen molar-refractivity contribution in [1.29, 1.82) is 0 Å². The minimum absolute atomic E-state index is 0.0495. The normalized spacial score (nSPS) is 14.1. The van der Waals surface area contributed by atoms with Gasteiger partial charge in [-0.25, -0.2) is 4.79 Å². The van der Waals surface area contributed by atoms with E-state index in [9.17, 15) is 19.3 Å². The number of hydrogen-bond acceptors (Lipinski definition) is 4. The Balaban J connectivity index is 2.88. The molecule has 3 N–H and O–H groups in total. The number of carbonyl (C=O) groups is 2. The largest absolute Gasteiger partial charge is 0.695 e. The molecule has 0 aliphatic carbocycles. The number of rotatable bonds is 10. The predicted octanol–water partition coefficient (Wildman–Crippen LogP) is 2.36. The van der Waals surface area contributed by atoms with Gasteiger partial charge in [0.2, 0.25) is 5.60 Å². The van der Waals surface area contributed by atoms with Crippen LogP contribution >= 0.6 is 8.25 Å². The zero-order valence-corrected chi connectivity index (χ0v) is 12.7. The van der Waals surface area contributed by atoms with Crippen molar-refractivity contribution < 1.29 is 33.8 Å². The lowest BCUT2D eigenvalue weighted by Crippen LogP contribution is -2.42. The van der Waals surface area contributed by atoms with E-state index in [0.717, 1.165) is 0 Å². The first-order valence-corrected chi connectivity index (χ1v) is 7.83. The van der Waals surface area contributed by atoms with Gasteiger partial charge in [-0.2, -0.15) is 0 Å². The third-order valence-corrected chi connectivity index (χ3v) is 3.70. The molecule has 0 amide bonds. The number of benzene rings is 1. The smallest absolute Gasteiger partial charge is 0.481 e. The molecule has 1 rings (SSSR count). The van der Waals surface area contributed by atoms with Crippen LogP contribution < -0.4 is 0 Å². The highest BCUT2D eigenvalue weighted by atomic mass is 31.1. The fourth-order valence-electron chi connectivity index (χ4n) is 2.15. The molecule has 0 spiro atoms. The van der Waals surface area contributed by atoms with Crippen LogP contribution in [0.5, 0.6) is 0 Å². The molecule has 22 heavy (non-hydrogen) atoms. The van der Waals surface area contributed by atoms with E-state index in [0.29, 0.717) is 5.56 Å². The first-order chi connectivity index (χ1) is 10.4. The summed E-state index contributed by atoms with van der Waals surface area (Å²) in [6, 6.07) is 8.62. The van der Waals surface area contributed by atoms with Crippen molar-refractivity contribution in [2.24, 2.45) is 0 Å². The Kier molecular flexibility index (Phi) is 7.11. The molecule has 8 heteroatoms. The minimum atomic E-state index is -3.10. The molecule has 2 atom stereocenters. The highest BCUT2D eigenvalue weighted by molar-refractivity contribution is 7.32. The monoisotopic (exact) mass is 329 g/mol. The summed E-state index contributed by atoms with van der Waals surface area (Å²) in [5.41, 5.74) is -1.19. The van der Waals surface area contributed by atoms with Crippen molar-refractivity contribution in [3.63, 3.8) is 0 Å². The van der Waals surface area contributed by atoms with Crippen LogP contribution in [0.1, 0.15) is 31.2 Å². The van der Waals surface area contributed by atoms with E-state index in [1.165, 1.54) is 0 Å². The van der Waals surface area contributed by atoms with Crippen LogP contribution in [-0.2, 0) is 25.1 Å². The molecule has 120 valence electrons. The lowest BCUT2D eigenvalue weighted by Gasteiger charge is -2.23. The number of hydrogen-bond donors (Lipinski definition) is 3. The van der Waals surface area contributed by atoms with Crippen molar-refractivity contribution in [2.45, 2.75) is 37.7 Å². The Labute approximate surface area is 128 Å². The van der Waals surface area contributed by atoms with Crippen LogP contribution in [0.4, 0.5) is 0 Å². The summed E-state index contributed by atoms with van der Waals surface area (Å²) in [4.78, 5) is 31.1. The quantitative estimate of drug-likeness (QED) is 0.445. The molecule has 7 nitrogen and oxygen atoms in total. The average molecular weight is 329 g/mol. The van der Waals surface area contributed by atoms with E-state index in [1.54, 1.807) is 30.3 Å². The van der Waals surface area contributed by atoms with Crippen molar-refractivity contribution in [3.8, 4) is 0 Å². The highest BCUT2D eigenvalue weighted by Crippen LogP contribution is 2.34. The molecule has 0 saturated heterocycles. The lowest BCUT2D eigenvalue weighted by atomic mass is 9.89. The van der Waals surface area contributed by atoms with Gasteiger partial charge in [0.25, 0.3) is 0 Å². The van der Waals surface area contributed by atoms with Crippen molar-refractivity contribution in [3.05, 3.63) is 35.9 Å². The van der Waals surface area contributed by atoms with Gasteiger partial charge in [-0.15, -0.1) is 9.42 Å². The molecule has 0 aliphatic rings. The van der Waals surface area contributed by atoms with E-state index in [4.69, 9.17) is 14.5 Å². The van der Waals surface area contributed by atoms with Gasteiger partial charge in [-0.1, -0.05) is 30.3 Å². The van der Waals surface area contributed by atoms with Gasteiger partial charge in [0.05, 0.1) is 0 Å². The molecule has 1 aromatic carbocycles. The average Bonchev–Trinajstić information content (AvgIpc) is 2.43. The second-order valence-electron chi connectivity index (χ2n) is 4.89. The Bertz CT molecular complexity index is 531. The van der Waals surface area contributed by atoms with E-state index in [-0.39, 0.29) is 32.1 Å². The van der Waals surface area contributed by atoms with Crippen LogP contribution in [0.25, 0.3) is 0 Å². The van der Waals surface area contributed by atoms with Crippen LogP contribution in [0, 0.1) is 0 Å². The van der Waals surface area contributed by atoms with Gasteiger partial charge in [-0.3, -0.25) is 4.79 Å². The molecule has 1 aromatic rings. The molecular formula is C14H18O7P+. The molecular weight excluding hydrogens is 311 g/mol. The number of carboxylic acid groups (broad SMARTS) is 2. The van der Waals surface area contributed by atoms with E-state index >= 15 is 0 Å². The maximum atomic E-state index is 11.6. The lowest BCUT2D eigenvalue weighted by molar-refractivity contribution is -0.156. The topological polar surface area (TPSA) is 121 Å². The van der Waals surface area contributed by atoms with Gasteiger partial charge in [0, 0.05) is 17.4 Å². The molecule has 0 saturated carbocycles. The summed E-state index contributed by atoms with van der Waals surface area (Å²) >= 11 is 0. The van der Waals surface area contributed by atoms with Crippen molar-refractivity contribution in [1.82, 2.24) is 0 Å². The number of aliphatic carboxylic acids is 2. The maximum absolute atomic E-state index is 11.6. The van der Waals surface area contributed by atoms with Crippen LogP contribution in [0.2, 0.25) is 0 Å². The summed E-state index contributed by atoms with van der Waals surface area (Å²) in [6.07, 6.45) is 0.315. The predicted molar refractivity (Wildman–Crippen MR) is 77.5 cm³/mol. The molecule has 0 radical (unpaired) electrons. The maximum Gasteiger partial charge on any atom is 0.695 e. The van der Waals surface area contributed by atoms with Gasteiger partial charge < -0.3 is 10.2 Å². The SMILES string of the molecule is O=C(O)CCCCC(Cc1ccccc1)(O[P+](=O)O)C(=O)O. The van der Waals surface area contributed by atoms with Crippen molar-refractivity contribution in [2.75, 3.05) is 0 Å². The third-order valence-electron chi connectivity index (χ3n) is 3.20. The Hall–Kier alpha value is -1.82. The number of carboxylic acids is 2. The van der Waals surface area contributed by atoms with E-state index in [1.807, 2.05) is 0 Å². The van der Waals surface area contributed by atoms with Crippen LogP contribution in [0.3, 0.4) is 0 Å². The Morgan fingerprint density at radius 2 is 1.77 bits per heavy atom. The Morgan fingerprint density at radius 3 is 2.27 bits per heavy atom. The molecule has 0 fully saturated rings. The molecule has 0 bridgehead atoms. The van der Waals surface area contributed by atoms with Crippen LogP contribution in [-0.4, -0.2) is 32.6 Å². The summed E-state index contributed by atoms with van der Waals surface area (Å²) in [5, 5.41) is 18.1. The molecule has 0 aliphatic heterocycles. The summed E-state index contributed by atoms with van der Waals surface area (Å²) in [6.45, 7) is 0. The summed E-state index contributed by atoms with van der Waals surface area (Å²) in [7, 11) is -3.10. The van der Waals surface area contributed by atoms with Gasteiger partial charge in [0.15, 0.2) is 0 Å². The minimum Gasteiger partial charge on any atom is -0.481 e. The van der Waals surface area contributed by atoms with Crippen molar-refractivity contribution >= 4 is 20.2 Å². The summed E-state index contributed by atoms with van der Waals surface area (Å²) in [5.74, 6) is -2.32. The summed E-state index contributed by atoms with van der Waals surface area (Å²) < 4.78 is 15.8. The zero-order valence-electron chi connectivity index (χ0n) is 11.8. The van der Waals surface area contributed by atoms with Gasteiger partial charge in [-0.05, 0) is 24.8 Å². The fraction of sp³-hybridized carbons (Fsp3) is 0.429. The first kappa shape index (κ1) is 18.2. The molecule has 2 unspecified atom stereocenters. The van der Waals surface area contributed by atoms with E-state index < -0.39 is 25.8 Å². The van der Waals surface area contributed by atoms with Gasteiger partial charge in [0.1, 0.15) is 0 Å². The third kappa shape index (κ3) is 5.89. The highest BCUT2D eigenvalue weighted by Gasteiger charge is 2.47. The van der Waals surface area contributed by atoms with Gasteiger partial charge >= 0.3 is 20.2 Å². The Morgan fingerprint density at radius 1 is 1.14 bits per heavy atom. The second kappa shape index (κ2) is 8.58. The number of unbranched alkanes of at least 4 members (excludes halogenated alkanes) is 1. The molecule has 0 heterocycles. The van der Waals surface area contributed by atoms with E-state index in [2.05, 4.69) is 0 Å². The fourth-order valence-corrected chi connectivity index (χ4v) is 2.68. The first-order valence-electron chi connectivity index (χ1n) is 6.70.